The van der Waals surface area contributed by atoms with E-state index in [0.717, 1.165) is 30.8 Å². The number of tetrazole rings is 1. The highest BCUT2D eigenvalue weighted by Gasteiger charge is 2.40. The first-order chi connectivity index (χ1) is 9.08. The van der Waals surface area contributed by atoms with E-state index in [9.17, 15) is 9.90 Å². The summed E-state index contributed by atoms with van der Waals surface area (Å²) in [5.41, 5.74) is 4.87. The number of nitrogens with two attached hydrogens (primary N) is 1. The molecule has 3 N–H and O–H groups in total. The summed E-state index contributed by atoms with van der Waals surface area (Å²) >= 11 is 1.57. The van der Waals surface area contributed by atoms with Gasteiger partial charge in [-0.1, -0.05) is 11.8 Å². The van der Waals surface area contributed by atoms with E-state index in [4.69, 9.17) is 5.73 Å². The fourth-order valence-electron chi connectivity index (χ4n) is 2.51. The summed E-state index contributed by atoms with van der Waals surface area (Å²) in [7, 11) is 0. The fourth-order valence-corrected chi connectivity index (χ4v) is 3.85. The van der Waals surface area contributed by atoms with Gasteiger partial charge in [-0.15, -0.1) is 5.10 Å². The van der Waals surface area contributed by atoms with Crippen molar-refractivity contribution < 1.29 is 9.90 Å². The molecular formula is C11H17N5O2S. The maximum absolute atomic E-state index is 11.2. The van der Waals surface area contributed by atoms with Crippen LogP contribution in [0.2, 0.25) is 0 Å². The van der Waals surface area contributed by atoms with E-state index in [1.165, 1.54) is 0 Å². The van der Waals surface area contributed by atoms with Gasteiger partial charge in [0.2, 0.25) is 5.16 Å². The van der Waals surface area contributed by atoms with Crippen molar-refractivity contribution in [3.8, 4) is 0 Å². The number of aromatic nitrogens is 4. The van der Waals surface area contributed by atoms with Gasteiger partial charge in [0.1, 0.15) is 5.54 Å². The number of aliphatic carboxylic acids is 1. The van der Waals surface area contributed by atoms with Crippen molar-refractivity contribution in [3.05, 3.63) is 0 Å². The van der Waals surface area contributed by atoms with E-state index >= 15 is 0 Å². The Hall–Kier alpha value is -1.15. The predicted molar refractivity (Wildman–Crippen MR) is 68.8 cm³/mol. The van der Waals surface area contributed by atoms with Crippen LogP contribution in [-0.2, 0) is 4.79 Å². The highest BCUT2D eigenvalue weighted by molar-refractivity contribution is 7.99. The molecule has 8 heteroatoms. The van der Waals surface area contributed by atoms with Crippen LogP contribution in [0, 0.1) is 0 Å². The molecule has 2 unspecified atom stereocenters. The summed E-state index contributed by atoms with van der Waals surface area (Å²) in [4.78, 5) is 11.2. The molecule has 2 aliphatic carbocycles. The lowest BCUT2D eigenvalue weighted by atomic mass is 9.82. The number of hydrogen-bond donors (Lipinski definition) is 2. The number of carboxylic acid groups (broad SMARTS) is 1. The van der Waals surface area contributed by atoms with Gasteiger partial charge in [0.15, 0.2) is 0 Å². The van der Waals surface area contributed by atoms with Crippen molar-refractivity contribution >= 4 is 17.7 Å². The standard InChI is InChI=1S/C11H17N5O2S/c12-11(9(17)18)5-1-2-8(6-11)19-10-13-14-15-16(10)7-3-4-7/h7-8H,1-6,12H2,(H,17,18). The fraction of sp³-hybridized carbons (Fsp3) is 0.818. The van der Waals surface area contributed by atoms with E-state index in [1.807, 2.05) is 4.68 Å². The van der Waals surface area contributed by atoms with E-state index < -0.39 is 11.5 Å². The van der Waals surface area contributed by atoms with Gasteiger partial charge in [-0.3, -0.25) is 4.79 Å². The van der Waals surface area contributed by atoms with Crippen LogP contribution in [0.3, 0.4) is 0 Å². The van der Waals surface area contributed by atoms with Crippen LogP contribution in [-0.4, -0.2) is 42.1 Å². The van der Waals surface area contributed by atoms with Crippen molar-refractivity contribution in [3.63, 3.8) is 0 Å². The molecule has 2 aliphatic rings. The number of carboxylic acids is 1. The Morgan fingerprint density at radius 1 is 1.47 bits per heavy atom. The number of nitrogens with zero attached hydrogens (tertiary/aromatic N) is 4. The van der Waals surface area contributed by atoms with Gasteiger partial charge in [-0.25, -0.2) is 4.68 Å². The Bertz CT molecular complexity index is 489. The zero-order chi connectivity index (χ0) is 13.5. The molecule has 0 saturated heterocycles. The van der Waals surface area contributed by atoms with Gasteiger partial charge in [0.25, 0.3) is 0 Å². The molecule has 0 spiro atoms. The molecule has 0 aromatic carbocycles. The Balaban J connectivity index is 1.69. The van der Waals surface area contributed by atoms with E-state index in [2.05, 4.69) is 15.5 Å². The van der Waals surface area contributed by atoms with Crippen molar-refractivity contribution in [1.29, 1.82) is 0 Å². The van der Waals surface area contributed by atoms with Crippen LogP contribution >= 0.6 is 11.8 Å². The lowest BCUT2D eigenvalue weighted by Crippen LogP contribution is -2.51. The molecule has 2 fully saturated rings. The Labute approximate surface area is 114 Å². The van der Waals surface area contributed by atoms with Gasteiger partial charge in [0.05, 0.1) is 6.04 Å². The molecule has 0 bridgehead atoms. The molecule has 1 aromatic heterocycles. The van der Waals surface area contributed by atoms with Crippen LogP contribution in [0.5, 0.6) is 0 Å². The Morgan fingerprint density at radius 3 is 2.95 bits per heavy atom. The van der Waals surface area contributed by atoms with Crippen molar-refractivity contribution in [2.75, 3.05) is 0 Å². The minimum atomic E-state index is -1.09. The third kappa shape index (κ3) is 2.59. The topological polar surface area (TPSA) is 107 Å². The highest BCUT2D eigenvalue weighted by atomic mass is 32.2. The minimum Gasteiger partial charge on any atom is -0.480 e. The molecule has 0 radical (unpaired) electrons. The maximum Gasteiger partial charge on any atom is 0.323 e. The zero-order valence-electron chi connectivity index (χ0n) is 10.5. The molecule has 0 amide bonds. The number of rotatable bonds is 4. The maximum atomic E-state index is 11.2. The lowest BCUT2D eigenvalue weighted by Gasteiger charge is -2.33. The van der Waals surface area contributed by atoms with E-state index in [-0.39, 0.29) is 5.25 Å². The second-order valence-electron chi connectivity index (χ2n) is 5.43. The van der Waals surface area contributed by atoms with E-state index in [1.54, 1.807) is 11.8 Å². The van der Waals surface area contributed by atoms with Gasteiger partial charge in [-0.2, -0.15) is 0 Å². The van der Waals surface area contributed by atoms with Gasteiger partial charge >= 0.3 is 5.97 Å². The van der Waals surface area contributed by atoms with Crippen molar-refractivity contribution in [1.82, 2.24) is 20.2 Å². The van der Waals surface area contributed by atoms with Gasteiger partial charge in [0, 0.05) is 5.25 Å². The molecular weight excluding hydrogens is 266 g/mol. The van der Waals surface area contributed by atoms with Crippen molar-refractivity contribution in [2.24, 2.45) is 5.73 Å². The van der Waals surface area contributed by atoms with E-state index in [0.29, 0.717) is 18.9 Å². The SMILES string of the molecule is NC1(C(=O)O)CCCC(Sc2nnnn2C2CC2)C1. The number of carbonyl (C=O) groups is 1. The largest absolute Gasteiger partial charge is 0.480 e. The van der Waals surface area contributed by atoms with Crippen LogP contribution in [0.15, 0.2) is 5.16 Å². The Morgan fingerprint density at radius 2 is 2.26 bits per heavy atom. The van der Waals surface area contributed by atoms with Crippen LogP contribution < -0.4 is 5.73 Å². The summed E-state index contributed by atoms with van der Waals surface area (Å²) in [6.45, 7) is 0. The summed E-state index contributed by atoms with van der Waals surface area (Å²) in [5, 5.41) is 21.9. The zero-order valence-corrected chi connectivity index (χ0v) is 11.3. The first kappa shape index (κ1) is 12.9. The molecule has 1 aromatic rings. The monoisotopic (exact) mass is 283 g/mol. The lowest BCUT2D eigenvalue weighted by molar-refractivity contribution is -0.144. The molecule has 2 saturated carbocycles. The first-order valence-electron chi connectivity index (χ1n) is 6.55. The number of hydrogen-bond acceptors (Lipinski definition) is 6. The highest BCUT2D eigenvalue weighted by Crippen LogP contribution is 2.40. The summed E-state index contributed by atoms with van der Waals surface area (Å²) < 4.78 is 1.86. The quantitative estimate of drug-likeness (QED) is 0.842. The summed E-state index contributed by atoms with van der Waals surface area (Å²) in [6.07, 6.45) is 5.08. The third-order valence-electron chi connectivity index (χ3n) is 3.79. The van der Waals surface area contributed by atoms with Crippen LogP contribution in [0.4, 0.5) is 0 Å². The van der Waals surface area contributed by atoms with Crippen LogP contribution in [0.1, 0.15) is 44.6 Å². The number of thioether (sulfide) groups is 1. The molecule has 3 rings (SSSR count). The molecule has 19 heavy (non-hydrogen) atoms. The molecule has 104 valence electrons. The molecule has 2 atom stereocenters. The minimum absolute atomic E-state index is 0.179. The smallest absolute Gasteiger partial charge is 0.323 e. The average molecular weight is 283 g/mol. The van der Waals surface area contributed by atoms with Crippen molar-refractivity contribution in [2.45, 2.75) is 60.5 Å². The Kier molecular flexibility index (Phi) is 3.22. The second-order valence-corrected chi connectivity index (χ2v) is 6.70. The van der Waals surface area contributed by atoms with Gasteiger partial charge in [-0.05, 0) is 49.0 Å². The summed E-state index contributed by atoms with van der Waals surface area (Å²) in [5.74, 6) is -0.903. The van der Waals surface area contributed by atoms with Gasteiger partial charge < -0.3 is 10.8 Å². The molecule has 7 nitrogen and oxygen atoms in total. The predicted octanol–water partition coefficient (Wildman–Crippen LogP) is 0.825. The summed E-state index contributed by atoms with van der Waals surface area (Å²) in [6, 6.07) is 0.434. The van der Waals surface area contributed by atoms with Crippen LogP contribution in [0.25, 0.3) is 0 Å². The average Bonchev–Trinajstić information content (AvgIpc) is 3.11. The molecule has 1 heterocycles. The third-order valence-corrected chi connectivity index (χ3v) is 5.01. The first-order valence-corrected chi connectivity index (χ1v) is 7.43. The normalized spacial score (nSPS) is 31.3. The second kappa shape index (κ2) is 4.75. The molecule has 0 aliphatic heterocycles.